The van der Waals surface area contributed by atoms with Crippen LogP contribution in [0.4, 0.5) is 23.8 Å². The van der Waals surface area contributed by atoms with Crippen LogP contribution in [-0.2, 0) is 31.1 Å². The number of rotatable bonds is 7. The van der Waals surface area contributed by atoms with Gasteiger partial charge in [-0.15, -0.1) is 0 Å². The number of carbonyl (C=O) groups excluding carboxylic acids is 1. The fourth-order valence-electron chi connectivity index (χ4n) is 3.87. The molecule has 0 unspecified atom stereocenters. The van der Waals surface area contributed by atoms with Gasteiger partial charge in [0.25, 0.3) is 0 Å². The van der Waals surface area contributed by atoms with Gasteiger partial charge in [-0.05, 0) is 36.2 Å². The molecule has 0 spiro atoms. The lowest BCUT2D eigenvalue weighted by molar-refractivity contribution is -0.138. The zero-order chi connectivity index (χ0) is 25.9. The first-order valence-corrected chi connectivity index (χ1v) is 11.0. The van der Waals surface area contributed by atoms with E-state index in [9.17, 15) is 18.0 Å². The van der Waals surface area contributed by atoms with Gasteiger partial charge in [0.1, 0.15) is 11.5 Å². The first kappa shape index (κ1) is 25.0. The molecule has 0 saturated carbocycles. The molecule has 0 aliphatic heterocycles. The molecule has 0 radical (unpaired) electrons. The van der Waals surface area contributed by atoms with Gasteiger partial charge < -0.3 is 10.1 Å². The highest BCUT2D eigenvalue weighted by Gasteiger charge is 2.33. The number of methoxy groups -OCH3 is 1. The number of para-hydroxylation sites is 1. The van der Waals surface area contributed by atoms with Crippen LogP contribution in [0.25, 0.3) is 16.9 Å². The molecule has 2 aromatic heterocycles. The molecule has 8 nitrogen and oxygen atoms in total. The van der Waals surface area contributed by atoms with E-state index in [0.717, 1.165) is 11.6 Å². The summed E-state index contributed by atoms with van der Waals surface area (Å²) in [5.74, 6) is 0.390. The Morgan fingerprint density at radius 2 is 1.89 bits per heavy atom. The first-order chi connectivity index (χ1) is 17.2. The number of nitrogens with zero attached hydrogens (tertiary/aromatic N) is 4. The lowest BCUT2D eigenvalue weighted by Gasteiger charge is -2.16. The summed E-state index contributed by atoms with van der Waals surface area (Å²) < 4.78 is 48.8. The Bertz CT molecular complexity index is 1360. The minimum absolute atomic E-state index is 0.0588. The number of hydrogen-bond donors (Lipinski definition) is 2. The highest BCUT2D eigenvalue weighted by Crippen LogP contribution is 2.33. The Morgan fingerprint density at radius 1 is 1.14 bits per heavy atom. The molecule has 4 rings (SSSR count). The monoisotopic (exact) mass is 498 g/mol. The molecule has 0 bridgehead atoms. The zero-order valence-electron chi connectivity index (χ0n) is 19.9. The second-order valence-corrected chi connectivity index (χ2v) is 8.20. The van der Waals surface area contributed by atoms with Crippen molar-refractivity contribution in [1.82, 2.24) is 24.9 Å². The van der Waals surface area contributed by atoms with Crippen LogP contribution in [0.1, 0.15) is 22.3 Å². The van der Waals surface area contributed by atoms with Crippen LogP contribution in [-0.4, -0.2) is 32.7 Å². The number of hydrogen-bond acceptors (Lipinski definition) is 4. The average molecular weight is 499 g/mol. The van der Waals surface area contributed by atoms with E-state index in [-0.39, 0.29) is 18.7 Å². The Labute approximate surface area is 205 Å². The normalized spacial score (nSPS) is 11.5. The van der Waals surface area contributed by atoms with E-state index in [1.165, 1.54) is 19.2 Å². The Balaban J connectivity index is 1.61. The van der Waals surface area contributed by atoms with E-state index in [1.54, 1.807) is 35.7 Å². The van der Waals surface area contributed by atoms with Gasteiger partial charge in [0.15, 0.2) is 0 Å². The molecule has 0 fully saturated rings. The van der Waals surface area contributed by atoms with E-state index < -0.39 is 17.8 Å². The number of aryl methyl sites for hydroxylation is 1. The van der Waals surface area contributed by atoms with Crippen LogP contribution in [0.2, 0.25) is 0 Å². The SMILES string of the molecule is COCc1ccc(C(F)(F)F)c(CNC(=O)Nc2c(C)c(-c3cnn(C)c3)nn2-c2ccccc2)c1. The number of anilines is 1. The molecule has 4 aromatic rings. The molecule has 0 aliphatic carbocycles. The summed E-state index contributed by atoms with van der Waals surface area (Å²) in [5, 5.41) is 14.2. The Morgan fingerprint density at radius 3 is 2.53 bits per heavy atom. The van der Waals surface area contributed by atoms with Gasteiger partial charge >= 0.3 is 12.2 Å². The van der Waals surface area contributed by atoms with Gasteiger partial charge in [-0.25, -0.2) is 9.48 Å². The van der Waals surface area contributed by atoms with Crippen molar-refractivity contribution in [3.8, 4) is 16.9 Å². The predicted octanol–water partition coefficient (Wildman–Crippen LogP) is 5.07. The quantitative estimate of drug-likeness (QED) is 0.373. The largest absolute Gasteiger partial charge is 0.416 e. The van der Waals surface area contributed by atoms with Crippen LogP contribution in [0.15, 0.2) is 60.9 Å². The fraction of sp³-hybridized carbons (Fsp3) is 0.240. The number of alkyl halides is 3. The van der Waals surface area contributed by atoms with Crippen LogP contribution >= 0.6 is 0 Å². The van der Waals surface area contributed by atoms with E-state index in [4.69, 9.17) is 4.74 Å². The highest BCUT2D eigenvalue weighted by atomic mass is 19.4. The summed E-state index contributed by atoms with van der Waals surface area (Å²) in [6, 6.07) is 12.3. The minimum atomic E-state index is -4.56. The fourth-order valence-corrected chi connectivity index (χ4v) is 3.87. The number of ether oxygens (including phenoxy) is 1. The van der Waals surface area contributed by atoms with Crippen molar-refractivity contribution in [3.05, 3.63) is 83.2 Å². The third kappa shape index (κ3) is 5.41. The third-order valence-corrected chi connectivity index (χ3v) is 5.56. The van der Waals surface area contributed by atoms with Crippen LogP contribution in [0.5, 0.6) is 0 Å². The number of carbonyl (C=O) groups is 1. The van der Waals surface area contributed by atoms with Gasteiger partial charge in [-0.1, -0.05) is 30.3 Å². The summed E-state index contributed by atoms with van der Waals surface area (Å²) in [5.41, 5.74) is 2.47. The maximum absolute atomic E-state index is 13.5. The highest BCUT2D eigenvalue weighted by molar-refractivity contribution is 5.90. The van der Waals surface area contributed by atoms with Gasteiger partial charge in [0, 0.05) is 38.0 Å². The van der Waals surface area contributed by atoms with Gasteiger partial charge in [-0.2, -0.15) is 23.4 Å². The maximum atomic E-state index is 13.5. The topological polar surface area (TPSA) is 86.0 Å². The van der Waals surface area contributed by atoms with E-state index >= 15 is 0 Å². The van der Waals surface area contributed by atoms with Crippen LogP contribution in [0.3, 0.4) is 0 Å². The molecular formula is C25H25F3N6O2. The molecular weight excluding hydrogens is 473 g/mol. The molecule has 2 heterocycles. The minimum Gasteiger partial charge on any atom is -0.380 e. The number of benzene rings is 2. The summed E-state index contributed by atoms with van der Waals surface area (Å²) in [7, 11) is 3.25. The number of amides is 2. The summed E-state index contributed by atoms with van der Waals surface area (Å²) in [6.07, 6.45) is -1.08. The number of urea groups is 1. The molecule has 2 amide bonds. The standard InChI is InChI=1S/C25H25F3N6O2/c1-16-22(19-13-30-33(2)14-19)32-34(20-7-5-4-6-8-20)23(16)31-24(35)29-12-18-11-17(15-36-3)9-10-21(18)25(26,27)28/h4-11,13-14H,12,15H2,1-3H3,(H2,29,31,35). The van der Waals surface area contributed by atoms with Gasteiger partial charge in [0.2, 0.25) is 0 Å². The molecule has 2 N–H and O–H groups in total. The average Bonchev–Trinajstić information content (AvgIpc) is 3.41. The van der Waals surface area contributed by atoms with Crippen molar-refractivity contribution in [2.75, 3.05) is 12.4 Å². The molecule has 2 aromatic carbocycles. The maximum Gasteiger partial charge on any atom is 0.416 e. The van der Waals surface area contributed by atoms with Crippen molar-refractivity contribution in [1.29, 1.82) is 0 Å². The predicted molar refractivity (Wildman–Crippen MR) is 129 cm³/mol. The van der Waals surface area contributed by atoms with E-state index in [1.807, 2.05) is 30.3 Å². The zero-order valence-corrected chi connectivity index (χ0v) is 19.9. The second-order valence-electron chi connectivity index (χ2n) is 8.20. The second kappa shape index (κ2) is 10.2. The third-order valence-electron chi connectivity index (χ3n) is 5.56. The molecule has 0 saturated heterocycles. The number of halogens is 3. The molecule has 0 aliphatic rings. The molecule has 11 heteroatoms. The Hall–Kier alpha value is -4.12. The first-order valence-electron chi connectivity index (χ1n) is 11.0. The van der Waals surface area contributed by atoms with Gasteiger partial charge in [0.05, 0.1) is 24.1 Å². The summed E-state index contributed by atoms with van der Waals surface area (Å²) in [4.78, 5) is 12.9. The van der Waals surface area contributed by atoms with Crippen molar-refractivity contribution < 1.29 is 22.7 Å². The molecule has 0 atom stereocenters. The van der Waals surface area contributed by atoms with Crippen LogP contribution < -0.4 is 10.6 Å². The van der Waals surface area contributed by atoms with Crippen molar-refractivity contribution in [2.24, 2.45) is 7.05 Å². The lowest BCUT2D eigenvalue weighted by Crippen LogP contribution is -2.30. The smallest absolute Gasteiger partial charge is 0.380 e. The Kier molecular flexibility index (Phi) is 7.11. The lowest BCUT2D eigenvalue weighted by atomic mass is 10.0. The van der Waals surface area contributed by atoms with Crippen molar-refractivity contribution in [2.45, 2.75) is 26.3 Å². The number of nitrogens with one attached hydrogen (secondary N) is 2. The van der Waals surface area contributed by atoms with E-state index in [2.05, 4.69) is 20.8 Å². The number of aromatic nitrogens is 4. The van der Waals surface area contributed by atoms with Gasteiger partial charge in [-0.3, -0.25) is 10.00 Å². The molecule has 36 heavy (non-hydrogen) atoms. The summed E-state index contributed by atoms with van der Waals surface area (Å²) in [6.45, 7) is 1.64. The van der Waals surface area contributed by atoms with Crippen LogP contribution in [0, 0.1) is 6.92 Å². The van der Waals surface area contributed by atoms with E-state index in [0.29, 0.717) is 28.3 Å². The van der Waals surface area contributed by atoms with Crippen molar-refractivity contribution in [3.63, 3.8) is 0 Å². The molecule has 188 valence electrons. The summed E-state index contributed by atoms with van der Waals surface area (Å²) >= 11 is 0. The van der Waals surface area contributed by atoms with Crippen molar-refractivity contribution >= 4 is 11.8 Å².